The number of ether oxygens (including phenoxy) is 2. The molecule has 0 radical (unpaired) electrons. The van der Waals surface area contributed by atoms with Gasteiger partial charge in [0.1, 0.15) is 25.0 Å². The fourth-order valence-electron chi connectivity index (χ4n) is 4.46. The number of unbranched alkanes of at least 4 members (excludes halogenated alkanes) is 1. The zero-order valence-corrected chi connectivity index (χ0v) is 24.0. The summed E-state index contributed by atoms with van der Waals surface area (Å²) in [4.78, 5) is 18.4. The van der Waals surface area contributed by atoms with Crippen LogP contribution in [0.5, 0.6) is 5.75 Å². The number of thioether (sulfide) groups is 1. The second kappa shape index (κ2) is 13.1. The minimum atomic E-state index is -0.602. The molecular formula is C31H31ClN4O3S. The molecule has 2 heterocycles. The normalized spacial score (nSPS) is 14.4. The van der Waals surface area contributed by atoms with Crippen LogP contribution in [0.2, 0.25) is 5.02 Å². The molecule has 9 heteroatoms. The van der Waals surface area contributed by atoms with E-state index >= 15 is 0 Å². The van der Waals surface area contributed by atoms with E-state index in [0.29, 0.717) is 33.1 Å². The standard InChI is InChI=1S/C31H31ClN4O3S/c1-3-4-18-40-31-34-30-33-21(2)27(29(37)39-19-22-12-6-5-7-13-22)28(36(30)35-31)24-15-9-11-17-26(24)38-20-23-14-8-10-16-25(23)32/h5-17,28H,3-4,18-20H2,1-2H3,(H,33,34,35). The van der Waals surface area contributed by atoms with E-state index in [1.807, 2.05) is 85.8 Å². The quantitative estimate of drug-likeness (QED) is 0.113. The van der Waals surface area contributed by atoms with Gasteiger partial charge in [-0.05, 0) is 31.0 Å². The summed E-state index contributed by atoms with van der Waals surface area (Å²) in [6.07, 6.45) is 2.16. The van der Waals surface area contributed by atoms with Crippen molar-refractivity contribution in [3.8, 4) is 5.75 Å². The maximum absolute atomic E-state index is 13.7. The van der Waals surface area contributed by atoms with Crippen LogP contribution in [0.25, 0.3) is 0 Å². The van der Waals surface area contributed by atoms with Gasteiger partial charge in [-0.1, -0.05) is 103 Å². The molecule has 1 unspecified atom stereocenters. The highest BCUT2D eigenvalue weighted by molar-refractivity contribution is 7.99. The van der Waals surface area contributed by atoms with Crippen LogP contribution in [0.15, 0.2) is 95.3 Å². The molecule has 1 aliphatic heterocycles. The van der Waals surface area contributed by atoms with E-state index in [-0.39, 0.29) is 13.2 Å². The Morgan fingerprint density at radius 3 is 2.58 bits per heavy atom. The minimum absolute atomic E-state index is 0.163. The Labute approximate surface area is 243 Å². The first kappa shape index (κ1) is 27.8. The van der Waals surface area contributed by atoms with E-state index in [2.05, 4.69) is 12.2 Å². The molecule has 40 heavy (non-hydrogen) atoms. The number of para-hydroxylation sites is 1. The Morgan fingerprint density at radius 2 is 1.77 bits per heavy atom. The molecule has 0 saturated heterocycles. The van der Waals surface area contributed by atoms with Crippen molar-refractivity contribution in [3.63, 3.8) is 0 Å². The third-order valence-electron chi connectivity index (χ3n) is 6.55. The zero-order chi connectivity index (χ0) is 27.9. The molecule has 1 atom stereocenters. The van der Waals surface area contributed by atoms with Gasteiger partial charge in [0.05, 0.1) is 5.57 Å². The molecule has 0 bridgehead atoms. The SMILES string of the molecule is CCCCSc1nc2n(n1)C(c1ccccc1OCc1ccccc1Cl)C(C(=O)OCc1ccccc1)=C(C)N2. The lowest BCUT2D eigenvalue weighted by atomic mass is 9.95. The lowest BCUT2D eigenvalue weighted by Crippen LogP contribution is -2.30. The lowest BCUT2D eigenvalue weighted by molar-refractivity contribution is -0.140. The van der Waals surface area contributed by atoms with E-state index in [0.717, 1.165) is 35.3 Å². The number of anilines is 1. The molecule has 7 nitrogen and oxygen atoms in total. The lowest BCUT2D eigenvalue weighted by Gasteiger charge is -2.29. The summed E-state index contributed by atoms with van der Waals surface area (Å²) < 4.78 is 13.9. The predicted molar refractivity (Wildman–Crippen MR) is 159 cm³/mol. The fraction of sp³-hybridized carbons (Fsp3) is 0.258. The molecule has 1 aliphatic rings. The van der Waals surface area contributed by atoms with E-state index in [9.17, 15) is 4.79 Å². The number of rotatable bonds is 11. The average molecular weight is 575 g/mol. The summed E-state index contributed by atoms with van der Waals surface area (Å²) in [6.45, 7) is 4.46. The van der Waals surface area contributed by atoms with Crippen molar-refractivity contribution < 1.29 is 14.3 Å². The molecule has 3 aromatic carbocycles. The number of esters is 1. The van der Waals surface area contributed by atoms with Crippen molar-refractivity contribution >= 4 is 35.3 Å². The van der Waals surface area contributed by atoms with Crippen LogP contribution in [0, 0.1) is 0 Å². The topological polar surface area (TPSA) is 78.3 Å². The predicted octanol–water partition coefficient (Wildman–Crippen LogP) is 7.44. The molecule has 0 spiro atoms. The summed E-state index contributed by atoms with van der Waals surface area (Å²) >= 11 is 7.99. The van der Waals surface area contributed by atoms with Crippen LogP contribution < -0.4 is 10.1 Å². The molecule has 206 valence electrons. The van der Waals surface area contributed by atoms with E-state index in [4.69, 9.17) is 31.2 Å². The molecule has 0 aliphatic carbocycles. The molecule has 5 rings (SSSR count). The molecular weight excluding hydrogens is 544 g/mol. The number of carbonyl (C=O) groups is 1. The summed E-state index contributed by atoms with van der Waals surface area (Å²) in [5.41, 5.74) is 3.67. The number of hydrogen-bond acceptors (Lipinski definition) is 7. The number of aromatic nitrogens is 3. The largest absolute Gasteiger partial charge is 0.488 e. The number of nitrogens with one attached hydrogen (secondary N) is 1. The molecule has 1 N–H and O–H groups in total. The molecule has 1 aromatic heterocycles. The summed E-state index contributed by atoms with van der Waals surface area (Å²) in [5, 5.41) is 9.40. The van der Waals surface area contributed by atoms with Crippen molar-refractivity contribution in [2.45, 2.75) is 51.1 Å². The van der Waals surface area contributed by atoms with Crippen molar-refractivity contribution in [2.75, 3.05) is 11.1 Å². The van der Waals surface area contributed by atoms with Gasteiger partial charge >= 0.3 is 5.97 Å². The maximum Gasteiger partial charge on any atom is 0.338 e. The number of halogens is 1. The first-order chi connectivity index (χ1) is 19.5. The van der Waals surface area contributed by atoms with Gasteiger partial charge < -0.3 is 14.8 Å². The van der Waals surface area contributed by atoms with Crippen molar-refractivity contribution in [1.82, 2.24) is 14.8 Å². The van der Waals surface area contributed by atoms with Gasteiger partial charge in [0.25, 0.3) is 0 Å². The van der Waals surface area contributed by atoms with Gasteiger partial charge in [-0.25, -0.2) is 9.48 Å². The van der Waals surface area contributed by atoms with Crippen LogP contribution in [0.3, 0.4) is 0 Å². The van der Waals surface area contributed by atoms with Gasteiger partial charge in [-0.3, -0.25) is 0 Å². The first-order valence-electron chi connectivity index (χ1n) is 13.3. The van der Waals surface area contributed by atoms with E-state index < -0.39 is 12.0 Å². The second-order valence-corrected chi connectivity index (χ2v) is 10.9. The fourth-order valence-corrected chi connectivity index (χ4v) is 5.56. The third-order valence-corrected chi connectivity index (χ3v) is 7.84. The highest BCUT2D eigenvalue weighted by Crippen LogP contribution is 2.40. The average Bonchev–Trinajstić information content (AvgIpc) is 3.38. The van der Waals surface area contributed by atoms with Crippen molar-refractivity contribution in [1.29, 1.82) is 0 Å². The molecule has 0 amide bonds. The van der Waals surface area contributed by atoms with Gasteiger partial charge in [0, 0.05) is 27.6 Å². The highest BCUT2D eigenvalue weighted by Gasteiger charge is 2.37. The smallest absolute Gasteiger partial charge is 0.338 e. The first-order valence-corrected chi connectivity index (χ1v) is 14.6. The minimum Gasteiger partial charge on any atom is -0.488 e. The highest BCUT2D eigenvalue weighted by atomic mass is 35.5. The number of fused-ring (bicyclic) bond motifs is 1. The Kier molecular flexibility index (Phi) is 9.08. The van der Waals surface area contributed by atoms with E-state index in [1.165, 1.54) is 0 Å². The molecule has 0 saturated carbocycles. The second-order valence-electron chi connectivity index (χ2n) is 9.41. The Balaban J connectivity index is 1.50. The van der Waals surface area contributed by atoms with Gasteiger partial charge in [0.15, 0.2) is 0 Å². The van der Waals surface area contributed by atoms with E-state index in [1.54, 1.807) is 16.4 Å². The van der Waals surface area contributed by atoms with Gasteiger partial charge in [-0.2, -0.15) is 4.98 Å². The number of hydrogen-bond donors (Lipinski definition) is 1. The Bertz CT molecular complexity index is 1510. The van der Waals surface area contributed by atoms with Crippen molar-refractivity contribution in [2.24, 2.45) is 0 Å². The van der Waals surface area contributed by atoms with Crippen molar-refractivity contribution in [3.05, 3.63) is 112 Å². The van der Waals surface area contributed by atoms with Gasteiger partial charge in [-0.15, -0.1) is 5.10 Å². The van der Waals surface area contributed by atoms with Crippen LogP contribution in [-0.4, -0.2) is 26.5 Å². The monoisotopic (exact) mass is 574 g/mol. The number of allylic oxidation sites excluding steroid dienone is 1. The van der Waals surface area contributed by atoms with Crippen LogP contribution >= 0.6 is 23.4 Å². The third kappa shape index (κ3) is 6.35. The number of carbonyl (C=O) groups excluding carboxylic acids is 1. The Hall–Kier alpha value is -3.75. The van der Waals surface area contributed by atoms with Crippen LogP contribution in [0.1, 0.15) is 49.4 Å². The summed E-state index contributed by atoms with van der Waals surface area (Å²) in [6, 6.07) is 24.3. The van der Waals surface area contributed by atoms with Crippen LogP contribution in [0.4, 0.5) is 5.95 Å². The van der Waals surface area contributed by atoms with Gasteiger partial charge in [0.2, 0.25) is 11.1 Å². The van der Waals surface area contributed by atoms with Crippen LogP contribution in [-0.2, 0) is 22.7 Å². The summed E-state index contributed by atoms with van der Waals surface area (Å²) in [5.74, 6) is 1.68. The zero-order valence-electron chi connectivity index (χ0n) is 22.5. The molecule has 0 fully saturated rings. The summed E-state index contributed by atoms with van der Waals surface area (Å²) in [7, 11) is 0. The Morgan fingerprint density at radius 1 is 1.02 bits per heavy atom. The maximum atomic E-state index is 13.7. The number of benzene rings is 3. The molecule has 4 aromatic rings. The number of nitrogens with zero attached hydrogens (tertiary/aromatic N) is 3.